The van der Waals surface area contributed by atoms with E-state index < -0.39 is 0 Å². The van der Waals surface area contributed by atoms with E-state index in [1.165, 1.54) is 11.8 Å². The first kappa shape index (κ1) is 20.9. The molecule has 2 aromatic carbocycles. The second-order valence-electron chi connectivity index (χ2n) is 7.36. The van der Waals surface area contributed by atoms with Gasteiger partial charge in [-0.2, -0.15) is 0 Å². The van der Waals surface area contributed by atoms with Crippen LogP contribution in [0.3, 0.4) is 0 Å². The molecule has 0 aliphatic carbocycles. The van der Waals surface area contributed by atoms with Crippen LogP contribution in [0.5, 0.6) is 0 Å². The lowest BCUT2D eigenvalue weighted by atomic mass is 10.2. The molecule has 2 heterocycles. The van der Waals surface area contributed by atoms with E-state index in [1.54, 1.807) is 0 Å². The highest BCUT2D eigenvalue weighted by Crippen LogP contribution is 2.26. The van der Waals surface area contributed by atoms with Crippen LogP contribution in [-0.2, 0) is 11.3 Å². The van der Waals surface area contributed by atoms with Crippen LogP contribution in [0.1, 0.15) is 5.56 Å². The maximum absolute atomic E-state index is 12.7. The normalized spacial score (nSPS) is 14.8. The number of rotatable bonds is 6. The van der Waals surface area contributed by atoms with Gasteiger partial charge in [0.25, 0.3) is 0 Å². The summed E-state index contributed by atoms with van der Waals surface area (Å²) >= 11 is 7.50. The molecule has 0 atom stereocenters. The van der Waals surface area contributed by atoms with E-state index in [9.17, 15) is 4.79 Å². The highest BCUT2D eigenvalue weighted by Gasteiger charge is 2.21. The number of thioether (sulfide) groups is 1. The number of carbonyl (C=O) groups is 1. The van der Waals surface area contributed by atoms with Crippen LogP contribution in [0.15, 0.2) is 59.8 Å². The summed E-state index contributed by atoms with van der Waals surface area (Å²) in [6, 6.07) is 17.8. The lowest BCUT2D eigenvalue weighted by molar-refractivity contribution is -0.129. The monoisotopic (exact) mass is 441 g/mol. The van der Waals surface area contributed by atoms with E-state index in [4.69, 9.17) is 11.6 Å². The molecule has 6 nitrogen and oxygen atoms in total. The topological polar surface area (TPSA) is 54.3 Å². The molecule has 1 saturated heterocycles. The number of aromatic nitrogens is 3. The number of amides is 1. The summed E-state index contributed by atoms with van der Waals surface area (Å²) in [5.41, 5.74) is 2.10. The van der Waals surface area contributed by atoms with Gasteiger partial charge >= 0.3 is 0 Å². The van der Waals surface area contributed by atoms with E-state index >= 15 is 0 Å². The van der Waals surface area contributed by atoms with Crippen LogP contribution in [-0.4, -0.2) is 69.5 Å². The third-order valence-corrected chi connectivity index (χ3v) is 6.39. The molecule has 156 valence electrons. The summed E-state index contributed by atoms with van der Waals surface area (Å²) in [7, 11) is 2.08. The minimum absolute atomic E-state index is 0.149. The summed E-state index contributed by atoms with van der Waals surface area (Å²) in [4.78, 5) is 16.9. The molecule has 1 fully saturated rings. The molecule has 0 N–H and O–H groups in total. The van der Waals surface area contributed by atoms with Crippen molar-refractivity contribution in [1.82, 2.24) is 24.6 Å². The van der Waals surface area contributed by atoms with Gasteiger partial charge in [0.05, 0.1) is 12.3 Å². The standard InChI is InChI=1S/C22H24ClN5OS/c1-26-11-13-27(14-12-26)20(29)16-30-22-25-24-21(18-7-9-19(23)10-8-18)28(22)15-17-5-3-2-4-6-17/h2-10H,11-16H2,1H3. The lowest BCUT2D eigenvalue weighted by Gasteiger charge is -2.32. The van der Waals surface area contributed by atoms with Crippen molar-refractivity contribution in [2.24, 2.45) is 0 Å². The first-order valence-corrected chi connectivity index (χ1v) is 11.3. The Morgan fingerprint density at radius 3 is 2.40 bits per heavy atom. The van der Waals surface area contributed by atoms with Gasteiger partial charge in [-0.25, -0.2) is 0 Å². The van der Waals surface area contributed by atoms with E-state index in [1.807, 2.05) is 47.4 Å². The molecule has 30 heavy (non-hydrogen) atoms. The number of likely N-dealkylation sites (N-methyl/N-ethyl adjacent to an activating group) is 1. The Bertz CT molecular complexity index is 985. The first-order chi connectivity index (χ1) is 14.6. The quantitative estimate of drug-likeness (QED) is 0.548. The van der Waals surface area contributed by atoms with Crippen LogP contribution >= 0.6 is 23.4 Å². The molecule has 0 saturated carbocycles. The highest BCUT2D eigenvalue weighted by atomic mass is 35.5. The molecule has 0 bridgehead atoms. The zero-order valence-electron chi connectivity index (χ0n) is 16.9. The molecule has 1 aliphatic rings. The second kappa shape index (κ2) is 9.64. The smallest absolute Gasteiger partial charge is 0.233 e. The molecule has 0 spiro atoms. The molecular formula is C22H24ClN5OS. The van der Waals surface area contributed by atoms with Gasteiger partial charge in [-0.3, -0.25) is 9.36 Å². The van der Waals surface area contributed by atoms with Crippen LogP contribution in [0.25, 0.3) is 11.4 Å². The SMILES string of the molecule is CN1CCN(C(=O)CSc2nnc(-c3ccc(Cl)cc3)n2Cc2ccccc2)CC1. The zero-order chi connectivity index (χ0) is 20.9. The first-order valence-electron chi connectivity index (χ1n) is 9.92. The third-order valence-electron chi connectivity index (χ3n) is 5.18. The van der Waals surface area contributed by atoms with Gasteiger partial charge in [0, 0.05) is 36.8 Å². The van der Waals surface area contributed by atoms with Crippen molar-refractivity contribution >= 4 is 29.3 Å². The van der Waals surface area contributed by atoms with Crippen molar-refractivity contribution in [2.75, 3.05) is 39.0 Å². The van der Waals surface area contributed by atoms with E-state index in [2.05, 4.69) is 38.8 Å². The Balaban J connectivity index is 1.54. The average Bonchev–Trinajstić information content (AvgIpc) is 3.16. The Labute approximate surface area is 185 Å². The Kier molecular flexibility index (Phi) is 6.72. The number of benzene rings is 2. The zero-order valence-corrected chi connectivity index (χ0v) is 18.4. The van der Waals surface area contributed by atoms with Gasteiger partial charge in [0.1, 0.15) is 0 Å². The molecule has 4 rings (SSSR count). The highest BCUT2D eigenvalue weighted by molar-refractivity contribution is 7.99. The average molecular weight is 442 g/mol. The summed E-state index contributed by atoms with van der Waals surface area (Å²) in [6.07, 6.45) is 0. The largest absolute Gasteiger partial charge is 0.339 e. The van der Waals surface area contributed by atoms with Crippen molar-refractivity contribution in [1.29, 1.82) is 0 Å². The number of piperazine rings is 1. The van der Waals surface area contributed by atoms with Crippen molar-refractivity contribution in [2.45, 2.75) is 11.7 Å². The van der Waals surface area contributed by atoms with E-state index in [-0.39, 0.29) is 5.91 Å². The maximum atomic E-state index is 12.7. The fraction of sp³-hybridized carbons (Fsp3) is 0.318. The summed E-state index contributed by atoms with van der Waals surface area (Å²) in [5.74, 6) is 1.28. The predicted octanol–water partition coefficient (Wildman–Crippen LogP) is 3.51. The Hall–Kier alpha value is -2.35. The minimum atomic E-state index is 0.149. The van der Waals surface area contributed by atoms with Crippen LogP contribution in [0.4, 0.5) is 0 Å². The molecule has 1 amide bonds. The van der Waals surface area contributed by atoms with Gasteiger partial charge in [-0.1, -0.05) is 53.7 Å². The lowest BCUT2D eigenvalue weighted by Crippen LogP contribution is -2.47. The number of hydrogen-bond acceptors (Lipinski definition) is 5. The number of halogens is 1. The van der Waals surface area contributed by atoms with Crippen LogP contribution in [0.2, 0.25) is 5.02 Å². The predicted molar refractivity (Wildman–Crippen MR) is 121 cm³/mol. The van der Waals surface area contributed by atoms with Gasteiger partial charge in [0.15, 0.2) is 11.0 Å². The molecule has 8 heteroatoms. The molecule has 3 aromatic rings. The second-order valence-corrected chi connectivity index (χ2v) is 8.74. The number of hydrogen-bond donors (Lipinski definition) is 0. The van der Waals surface area contributed by atoms with Gasteiger partial charge in [-0.15, -0.1) is 10.2 Å². The Morgan fingerprint density at radius 2 is 1.70 bits per heavy atom. The molecule has 0 radical (unpaired) electrons. The molecular weight excluding hydrogens is 418 g/mol. The van der Waals surface area contributed by atoms with Gasteiger partial charge in [-0.05, 0) is 36.9 Å². The maximum Gasteiger partial charge on any atom is 0.233 e. The van der Waals surface area contributed by atoms with Gasteiger partial charge in [0.2, 0.25) is 5.91 Å². The number of carbonyl (C=O) groups excluding carboxylic acids is 1. The molecule has 1 aromatic heterocycles. The van der Waals surface area contributed by atoms with Crippen LogP contribution < -0.4 is 0 Å². The Morgan fingerprint density at radius 1 is 1.00 bits per heavy atom. The minimum Gasteiger partial charge on any atom is -0.339 e. The number of nitrogens with zero attached hydrogens (tertiary/aromatic N) is 5. The van der Waals surface area contributed by atoms with Crippen molar-refractivity contribution in [3.8, 4) is 11.4 Å². The van der Waals surface area contributed by atoms with Crippen molar-refractivity contribution < 1.29 is 4.79 Å². The fourth-order valence-electron chi connectivity index (χ4n) is 3.39. The molecule has 1 aliphatic heterocycles. The van der Waals surface area contributed by atoms with Gasteiger partial charge < -0.3 is 9.80 Å². The van der Waals surface area contributed by atoms with Crippen molar-refractivity contribution in [3.05, 3.63) is 65.2 Å². The summed E-state index contributed by atoms with van der Waals surface area (Å²) in [6.45, 7) is 4.03. The van der Waals surface area contributed by atoms with Crippen molar-refractivity contribution in [3.63, 3.8) is 0 Å². The summed E-state index contributed by atoms with van der Waals surface area (Å²) < 4.78 is 2.07. The van der Waals surface area contributed by atoms with E-state index in [0.29, 0.717) is 17.3 Å². The van der Waals surface area contributed by atoms with E-state index in [0.717, 1.165) is 48.3 Å². The fourth-order valence-corrected chi connectivity index (χ4v) is 4.36. The third kappa shape index (κ3) is 5.03. The summed E-state index contributed by atoms with van der Waals surface area (Å²) in [5, 5.41) is 10.3. The molecule has 0 unspecified atom stereocenters. The van der Waals surface area contributed by atoms with Crippen LogP contribution in [0, 0.1) is 0 Å².